The standard InChI is InChI=1S/C17H21N5O2/c23-15-5-4-14(19-15)17-20-16(21-24-17)12-6-9-22(10-7-12)11-13-3-1-2-8-18-13/h1-3,8,12,14H,4-7,9-11H2,(H,19,23)/t14-/m0/s1. The molecule has 7 heteroatoms. The Labute approximate surface area is 140 Å². The van der Waals surface area contributed by atoms with Gasteiger partial charge < -0.3 is 9.84 Å². The van der Waals surface area contributed by atoms with Crippen molar-refractivity contribution in [2.45, 2.75) is 44.2 Å². The summed E-state index contributed by atoms with van der Waals surface area (Å²) < 4.78 is 5.37. The van der Waals surface area contributed by atoms with E-state index in [0.29, 0.717) is 18.2 Å². The van der Waals surface area contributed by atoms with Gasteiger partial charge in [0.25, 0.3) is 0 Å². The van der Waals surface area contributed by atoms with Gasteiger partial charge >= 0.3 is 0 Å². The number of piperidine rings is 1. The van der Waals surface area contributed by atoms with Crippen LogP contribution in [0.3, 0.4) is 0 Å². The third kappa shape index (κ3) is 3.31. The summed E-state index contributed by atoms with van der Waals surface area (Å²) in [7, 11) is 0. The van der Waals surface area contributed by atoms with E-state index in [1.807, 2.05) is 18.3 Å². The van der Waals surface area contributed by atoms with Crippen LogP contribution in [0.1, 0.15) is 55.1 Å². The summed E-state index contributed by atoms with van der Waals surface area (Å²) in [6.45, 7) is 2.90. The molecule has 0 aliphatic carbocycles. The van der Waals surface area contributed by atoms with Gasteiger partial charge in [0.15, 0.2) is 5.82 Å². The van der Waals surface area contributed by atoms with E-state index in [2.05, 4.69) is 31.4 Å². The van der Waals surface area contributed by atoms with Gasteiger partial charge in [-0.3, -0.25) is 14.7 Å². The van der Waals surface area contributed by atoms with E-state index in [-0.39, 0.29) is 11.9 Å². The van der Waals surface area contributed by atoms with Crippen LogP contribution >= 0.6 is 0 Å². The van der Waals surface area contributed by atoms with Crippen LogP contribution in [0.5, 0.6) is 0 Å². The van der Waals surface area contributed by atoms with Crippen molar-refractivity contribution < 1.29 is 9.32 Å². The number of amides is 1. The first-order valence-corrected chi connectivity index (χ1v) is 8.53. The Morgan fingerprint density at radius 3 is 2.83 bits per heavy atom. The number of nitrogens with zero attached hydrogens (tertiary/aromatic N) is 4. The predicted octanol–water partition coefficient (Wildman–Crippen LogP) is 1.80. The molecular weight excluding hydrogens is 306 g/mol. The summed E-state index contributed by atoms with van der Waals surface area (Å²) in [6.07, 6.45) is 5.15. The van der Waals surface area contributed by atoms with Crippen molar-refractivity contribution in [2.24, 2.45) is 0 Å². The fourth-order valence-electron chi connectivity index (χ4n) is 3.42. The Kier molecular flexibility index (Phi) is 4.25. The predicted molar refractivity (Wildman–Crippen MR) is 85.9 cm³/mol. The first kappa shape index (κ1) is 15.3. The molecule has 4 heterocycles. The summed E-state index contributed by atoms with van der Waals surface area (Å²) in [5, 5.41) is 7.02. The van der Waals surface area contributed by atoms with Crippen LogP contribution in [0.25, 0.3) is 0 Å². The molecular formula is C17H21N5O2. The maximum atomic E-state index is 11.3. The zero-order valence-electron chi connectivity index (χ0n) is 13.5. The molecule has 2 aromatic rings. The molecule has 2 aliphatic heterocycles. The summed E-state index contributed by atoms with van der Waals surface area (Å²) in [5.74, 6) is 1.72. The number of nitrogens with one attached hydrogen (secondary N) is 1. The second kappa shape index (κ2) is 6.68. The SMILES string of the molecule is O=C1CC[C@@H](c2nc(C3CCN(Cc4ccccn4)CC3)no2)N1. The van der Waals surface area contributed by atoms with Crippen LogP contribution in [0.2, 0.25) is 0 Å². The van der Waals surface area contributed by atoms with Crippen molar-refractivity contribution in [3.05, 3.63) is 41.8 Å². The molecule has 2 fully saturated rings. The van der Waals surface area contributed by atoms with Gasteiger partial charge in [-0.15, -0.1) is 0 Å². The molecule has 0 saturated carbocycles. The van der Waals surface area contributed by atoms with E-state index in [1.54, 1.807) is 0 Å². The van der Waals surface area contributed by atoms with Gasteiger partial charge in [0.2, 0.25) is 11.8 Å². The zero-order chi connectivity index (χ0) is 16.4. The van der Waals surface area contributed by atoms with Gasteiger partial charge in [-0.1, -0.05) is 11.2 Å². The molecule has 126 valence electrons. The van der Waals surface area contributed by atoms with Crippen LogP contribution in [0, 0.1) is 0 Å². The smallest absolute Gasteiger partial charge is 0.249 e. The number of aromatic nitrogens is 3. The highest BCUT2D eigenvalue weighted by molar-refractivity contribution is 5.78. The lowest BCUT2D eigenvalue weighted by Crippen LogP contribution is -2.33. The number of hydrogen-bond acceptors (Lipinski definition) is 6. The number of likely N-dealkylation sites (tertiary alicyclic amines) is 1. The Balaban J connectivity index is 1.33. The largest absolute Gasteiger partial charge is 0.344 e. The average molecular weight is 327 g/mol. The highest BCUT2D eigenvalue weighted by atomic mass is 16.5. The summed E-state index contributed by atoms with van der Waals surface area (Å²) in [5.41, 5.74) is 1.11. The van der Waals surface area contributed by atoms with Gasteiger partial charge in [-0.2, -0.15) is 4.98 Å². The van der Waals surface area contributed by atoms with Crippen molar-refractivity contribution in [3.8, 4) is 0 Å². The molecule has 24 heavy (non-hydrogen) atoms. The first-order valence-electron chi connectivity index (χ1n) is 8.53. The quantitative estimate of drug-likeness (QED) is 0.922. The molecule has 2 aromatic heterocycles. The van der Waals surface area contributed by atoms with Crippen molar-refractivity contribution in [1.29, 1.82) is 0 Å². The lowest BCUT2D eigenvalue weighted by atomic mass is 9.96. The summed E-state index contributed by atoms with van der Waals surface area (Å²) in [6, 6.07) is 5.92. The second-order valence-corrected chi connectivity index (χ2v) is 6.52. The monoisotopic (exact) mass is 327 g/mol. The van der Waals surface area contributed by atoms with Gasteiger partial charge in [-0.05, 0) is 44.5 Å². The van der Waals surface area contributed by atoms with Crippen molar-refractivity contribution >= 4 is 5.91 Å². The summed E-state index contributed by atoms with van der Waals surface area (Å²) in [4.78, 5) is 22.6. The number of carbonyl (C=O) groups excluding carboxylic acids is 1. The van der Waals surface area contributed by atoms with Crippen molar-refractivity contribution in [1.82, 2.24) is 25.3 Å². The lowest BCUT2D eigenvalue weighted by molar-refractivity contribution is -0.119. The molecule has 1 atom stereocenters. The maximum absolute atomic E-state index is 11.3. The number of carbonyl (C=O) groups is 1. The van der Waals surface area contributed by atoms with Crippen LogP contribution in [-0.2, 0) is 11.3 Å². The highest BCUT2D eigenvalue weighted by Crippen LogP contribution is 2.29. The molecule has 2 saturated heterocycles. The highest BCUT2D eigenvalue weighted by Gasteiger charge is 2.30. The molecule has 1 amide bonds. The average Bonchev–Trinajstić information content (AvgIpc) is 3.25. The molecule has 0 aromatic carbocycles. The number of hydrogen-bond donors (Lipinski definition) is 1. The molecule has 4 rings (SSSR count). The fourth-order valence-corrected chi connectivity index (χ4v) is 3.42. The van der Waals surface area contributed by atoms with E-state index in [4.69, 9.17) is 4.52 Å². The van der Waals surface area contributed by atoms with Gasteiger partial charge in [0.1, 0.15) is 6.04 Å². The van der Waals surface area contributed by atoms with Crippen LogP contribution in [0.15, 0.2) is 28.9 Å². The number of pyridine rings is 1. The minimum atomic E-state index is -0.108. The van der Waals surface area contributed by atoms with Crippen LogP contribution in [-0.4, -0.2) is 39.0 Å². The lowest BCUT2D eigenvalue weighted by Gasteiger charge is -2.30. The third-order valence-corrected chi connectivity index (χ3v) is 4.82. The van der Waals surface area contributed by atoms with Crippen molar-refractivity contribution in [2.75, 3.05) is 13.1 Å². The van der Waals surface area contributed by atoms with E-state index in [0.717, 1.165) is 50.4 Å². The molecule has 0 radical (unpaired) electrons. The molecule has 0 spiro atoms. The Hall–Kier alpha value is -2.28. The van der Waals surface area contributed by atoms with Gasteiger partial charge in [0.05, 0.1) is 5.69 Å². The first-order chi connectivity index (χ1) is 11.8. The zero-order valence-corrected chi connectivity index (χ0v) is 13.5. The number of rotatable bonds is 4. The topological polar surface area (TPSA) is 84.2 Å². The minimum Gasteiger partial charge on any atom is -0.344 e. The molecule has 2 aliphatic rings. The Morgan fingerprint density at radius 1 is 1.25 bits per heavy atom. The van der Waals surface area contributed by atoms with E-state index < -0.39 is 0 Å². The fraction of sp³-hybridized carbons (Fsp3) is 0.529. The van der Waals surface area contributed by atoms with Gasteiger partial charge in [-0.25, -0.2) is 0 Å². The molecule has 1 N–H and O–H groups in total. The minimum absolute atomic E-state index is 0.0579. The molecule has 0 bridgehead atoms. The third-order valence-electron chi connectivity index (χ3n) is 4.82. The Bertz CT molecular complexity index is 694. The maximum Gasteiger partial charge on any atom is 0.249 e. The van der Waals surface area contributed by atoms with Crippen LogP contribution < -0.4 is 5.32 Å². The van der Waals surface area contributed by atoms with E-state index in [9.17, 15) is 4.79 Å². The second-order valence-electron chi connectivity index (χ2n) is 6.52. The van der Waals surface area contributed by atoms with Crippen molar-refractivity contribution in [3.63, 3.8) is 0 Å². The van der Waals surface area contributed by atoms with Crippen LogP contribution in [0.4, 0.5) is 0 Å². The molecule has 0 unspecified atom stereocenters. The summed E-state index contributed by atoms with van der Waals surface area (Å²) >= 11 is 0. The normalized spacial score (nSPS) is 22.7. The Morgan fingerprint density at radius 2 is 2.12 bits per heavy atom. The molecule has 7 nitrogen and oxygen atoms in total. The van der Waals surface area contributed by atoms with E-state index >= 15 is 0 Å². The van der Waals surface area contributed by atoms with Gasteiger partial charge in [0, 0.05) is 25.1 Å². The van der Waals surface area contributed by atoms with E-state index in [1.165, 1.54) is 0 Å².